The van der Waals surface area contributed by atoms with Crippen molar-refractivity contribution < 1.29 is 4.42 Å². The summed E-state index contributed by atoms with van der Waals surface area (Å²) in [7, 11) is 0. The lowest BCUT2D eigenvalue weighted by atomic mass is 10.1. The van der Waals surface area contributed by atoms with Gasteiger partial charge in [-0.15, -0.1) is 0 Å². The molecule has 6 aromatic carbocycles. The molecule has 0 radical (unpaired) electrons. The van der Waals surface area contributed by atoms with Crippen LogP contribution >= 0.6 is 0 Å². The Hall–Kier alpha value is -6.30. The van der Waals surface area contributed by atoms with Gasteiger partial charge in [0.15, 0.2) is 5.58 Å². The van der Waals surface area contributed by atoms with E-state index in [0.29, 0.717) is 22.3 Å². The topological polar surface area (TPSA) is 70.6 Å². The summed E-state index contributed by atoms with van der Waals surface area (Å²) < 4.78 is 11.1. The van der Waals surface area contributed by atoms with Crippen molar-refractivity contribution >= 4 is 65.6 Å². The molecule has 9 aromatic rings. The molecule has 3 aromatic heterocycles. The SMILES string of the molecule is N#Cc1ccc2oc3c(-n4c5ccccc5c5cccc(-n6c7ccccc7c7ccccc76)c54)cc(C#N)cc3c2c1. The predicted octanol–water partition coefficient (Wildman–Crippen LogP) is 9.52. The first kappa shape index (κ1) is 23.4. The van der Waals surface area contributed by atoms with Crippen molar-refractivity contribution in [1.82, 2.24) is 9.13 Å². The van der Waals surface area contributed by atoms with E-state index in [0.717, 1.165) is 55.0 Å². The molecular weight excluding hydrogens is 528 g/mol. The van der Waals surface area contributed by atoms with E-state index in [1.807, 2.05) is 30.3 Å². The van der Waals surface area contributed by atoms with Crippen molar-refractivity contribution in [3.63, 3.8) is 0 Å². The molecule has 5 nitrogen and oxygen atoms in total. The zero-order chi connectivity index (χ0) is 28.7. The molecule has 0 fully saturated rings. The van der Waals surface area contributed by atoms with E-state index in [9.17, 15) is 10.5 Å². The lowest BCUT2D eigenvalue weighted by Gasteiger charge is -2.15. The smallest absolute Gasteiger partial charge is 0.159 e. The second kappa shape index (κ2) is 8.60. The molecule has 3 heterocycles. The van der Waals surface area contributed by atoms with Gasteiger partial charge < -0.3 is 13.6 Å². The van der Waals surface area contributed by atoms with Gasteiger partial charge in [0.25, 0.3) is 0 Å². The van der Waals surface area contributed by atoms with E-state index >= 15 is 0 Å². The standard InChI is InChI=1S/C38H20N4O/c39-21-23-16-17-36-29(18-23)30-19-24(22-40)20-35(38(30)43-36)42-33-14-6-3-10-27(33)28-11-7-15-34(37(28)42)41-31-12-4-1-8-25(31)26-9-2-5-13-32(26)41/h1-20H. The van der Waals surface area contributed by atoms with Crippen LogP contribution in [0, 0.1) is 22.7 Å². The van der Waals surface area contributed by atoms with Crippen LogP contribution in [0.15, 0.2) is 126 Å². The lowest BCUT2D eigenvalue weighted by molar-refractivity contribution is 0.666. The molecule has 0 saturated heterocycles. The molecule has 5 heteroatoms. The number of fused-ring (bicyclic) bond motifs is 9. The molecular formula is C38H20N4O. The van der Waals surface area contributed by atoms with Gasteiger partial charge in [-0.1, -0.05) is 66.7 Å². The lowest BCUT2D eigenvalue weighted by Crippen LogP contribution is -2.01. The van der Waals surface area contributed by atoms with Gasteiger partial charge in [-0.25, -0.2) is 0 Å². The highest BCUT2D eigenvalue weighted by molar-refractivity contribution is 6.16. The van der Waals surface area contributed by atoms with E-state index in [-0.39, 0.29) is 0 Å². The number of rotatable bonds is 2. The van der Waals surface area contributed by atoms with E-state index in [1.165, 1.54) is 10.8 Å². The maximum atomic E-state index is 10.2. The Labute approximate surface area is 245 Å². The number of benzene rings is 6. The maximum Gasteiger partial charge on any atom is 0.159 e. The molecule has 0 bridgehead atoms. The van der Waals surface area contributed by atoms with Crippen LogP contribution in [0.5, 0.6) is 0 Å². The minimum absolute atomic E-state index is 0.521. The molecule has 43 heavy (non-hydrogen) atoms. The van der Waals surface area contributed by atoms with E-state index in [2.05, 4.69) is 106 Å². The normalized spacial score (nSPS) is 11.7. The summed E-state index contributed by atoms with van der Waals surface area (Å²) in [6.07, 6.45) is 0. The summed E-state index contributed by atoms with van der Waals surface area (Å²) in [5, 5.41) is 26.0. The van der Waals surface area contributed by atoms with Gasteiger partial charge in [0.05, 0.1) is 56.7 Å². The minimum atomic E-state index is 0.521. The number of hydrogen-bond acceptors (Lipinski definition) is 3. The van der Waals surface area contributed by atoms with E-state index < -0.39 is 0 Å². The number of hydrogen-bond donors (Lipinski definition) is 0. The van der Waals surface area contributed by atoms with Crippen LogP contribution in [-0.4, -0.2) is 9.13 Å². The minimum Gasteiger partial charge on any atom is -0.454 e. The van der Waals surface area contributed by atoms with Gasteiger partial charge in [-0.3, -0.25) is 0 Å². The maximum absolute atomic E-state index is 10.2. The van der Waals surface area contributed by atoms with Crippen LogP contribution in [0.2, 0.25) is 0 Å². The quantitative estimate of drug-likeness (QED) is 0.216. The van der Waals surface area contributed by atoms with Crippen molar-refractivity contribution in [2.24, 2.45) is 0 Å². The van der Waals surface area contributed by atoms with Gasteiger partial charge in [-0.05, 0) is 54.6 Å². The van der Waals surface area contributed by atoms with Crippen LogP contribution in [0.25, 0.3) is 76.9 Å². The number of para-hydroxylation sites is 4. The molecule has 0 aliphatic heterocycles. The number of nitrogens with zero attached hydrogens (tertiary/aromatic N) is 4. The summed E-state index contributed by atoms with van der Waals surface area (Å²) in [6.45, 7) is 0. The molecule has 0 saturated carbocycles. The molecule has 9 rings (SSSR count). The Morgan fingerprint density at radius 2 is 1.05 bits per heavy atom. The third-order valence-electron chi connectivity index (χ3n) is 8.54. The number of furan rings is 1. The Morgan fingerprint density at radius 3 is 1.72 bits per heavy atom. The molecule has 0 aliphatic rings. The average molecular weight is 549 g/mol. The molecule has 0 N–H and O–H groups in total. The highest BCUT2D eigenvalue weighted by Gasteiger charge is 2.23. The van der Waals surface area contributed by atoms with Crippen molar-refractivity contribution in [2.45, 2.75) is 0 Å². The number of aromatic nitrogens is 2. The van der Waals surface area contributed by atoms with Crippen LogP contribution in [0.1, 0.15) is 11.1 Å². The van der Waals surface area contributed by atoms with Gasteiger partial charge >= 0.3 is 0 Å². The average Bonchev–Trinajstić information content (AvgIpc) is 3.72. The first-order valence-electron chi connectivity index (χ1n) is 14.1. The van der Waals surface area contributed by atoms with E-state index in [1.54, 1.807) is 6.07 Å². The summed E-state index contributed by atoms with van der Waals surface area (Å²) >= 11 is 0. The second-order valence-electron chi connectivity index (χ2n) is 10.8. The molecule has 198 valence electrons. The Bertz CT molecular complexity index is 2650. The van der Waals surface area contributed by atoms with Crippen LogP contribution in [-0.2, 0) is 0 Å². The molecule has 0 atom stereocenters. The predicted molar refractivity (Wildman–Crippen MR) is 172 cm³/mol. The molecule has 0 amide bonds. The Balaban J connectivity index is 1.50. The highest BCUT2D eigenvalue weighted by atomic mass is 16.3. The third-order valence-corrected chi connectivity index (χ3v) is 8.54. The summed E-state index contributed by atoms with van der Waals surface area (Å²) in [6, 6.07) is 45.6. The van der Waals surface area contributed by atoms with Crippen molar-refractivity contribution in [2.75, 3.05) is 0 Å². The van der Waals surface area contributed by atoms with Crippen molar-refractivity contribution in [1.29, 1.82) is 10.5 Å². The molecule has 0 aliphatic carbocycles. The summed E-state index contributed by atoms with van der Waals surface area (Å²) in [4.78, 5) is 0. The van der Waals surface area contributed by atoms with Gasteiger partial charge in [0.1, 0.15) is 5.58 Å². The van der Waals surface area contributed by atoms with Crippen molar-refractivity contribution in [3.05, 3.63) is 132 Å². The molecule has 0 spiro atoms. The Kier molecular flexibility index (Phi) is 4.68. The largest absolute Gasteiger partial charge is 0.454 e. The third kappa shape index (κ3) is 3.14. The Morgan fingerprint density at radius 1 is 0.465 bits per heavy atom. The fraction of sp³-hybridized carbons (Fsp3) is 0. The first-order valence-corrected chi connectivity index (χ1v) is 14.1. The van der Waals surface area contributed by atoms with Crippen LogP contribution < -0.4 is 0 Å². The fourth-order valence-electron chi connectivity index (χ4n) is 6.77. The van der Waals surface area contributed by atoms with Gasteiger partial charge in [0, 0.05) is 32.3 Å². The number of nitriles is 2. The first-order chi connectivity index (χ1) is 21.2. The molecule has 0 unspecified atom stereocenters. The van der Waals surface area contributed by atoms with Crippen LogP contribution in [0.3, 0.4) is 0 Å². The van der Waals surface area contributed by atoms with Gasteiger partial charge in [0.2, 0.25) is 0 Å². The fourth-order valence-corrected chi connectivity index (χ4v) is 6.77. The van der Waals surface area contributed by atoms with Crippen LogP contribution in [0.4, 0.5) is 0 Å². The second-order valence-corrected chi connectivity index (χ2v) is 10.8. The van der Waals surface area contributed by atoms with Gasteiger partial charge in [-0.2, -0.15) is 10.5 Å². The van der Waals surface area contributed by atoms with Crippen molar-refractivity contribution in [3.8, 4) is 23.5 Å². The monoisotopic (exact) mass is 548 g/mol. The van der Waals surface area contributed by atoms with E-state index in [4.69, 9.17) is 4.42 Å². The zero-order valence-electron chi connectivity index (χ0n) is 22.7. The summed E-state index contributed by atoms with van der Waals surface area (Å²) in [5.74, 6) is 0. The highest BCUT2D eigenvalue weighted by Crippen LogP contribution is 2.42. The zero-order valence-corrected chi connectivity index (χ0v) is 22.7. The summed E-state index contributed by atoms with van der Waals surface area (Å²) in [5.41, 5.74) is 8.50.